The topological polar surface area (TPSA) is 81.7 Å². The fourth-order valence-corrected chi connectivity index (χ4v) is 2.61. The number of aryl methyl sites for hydroxylation is 3. The first-order valence-electron chi connectivity index (χ1n) is 8.51. The first-order valence-corrected chi connectivity index (χ1v) is 8.51. The molecule has 27 heavy (non-hydrogen) atoms. The van der Waals surface area contributed by atoms with Gasteiger partial charge in [0.25, 0.3) is 0 Å². The summed E-state index contributed by atoms with van der Waals surface area (Å²) in [4.78, 5) is 35.9. The van der Waals surface area contributed by atoms with Gasteiger partial charge in [0, 0.05) is 12.1 Å². The molecule has 0 unspecified atom stereocenters. The van der Waals surface area contributed by atoms with Crippen molar-refractivity contribution in [3.05, 3.63) is 64.2 Å². The van der Waals surface area contributed by atoms with Crippen molar-refractivity contribution in [1.29, 1.82) is 0 Å². The summed E-state index contributed by atoms with van der Waals surface area (Å²) < 4.78 is 9.37. The van der Waals surface area contributed by atoms with Crippen molar-refractivity contribution in [3.8, 4) is 0 Å². The second-order valence-electron chi connectivity index (χ2n) is 6.25. The van der Waals surface area contributed by atoms with E-state index in [9.17, 15) is 14.4 Å². The fraction of sp³-hybridized carbons (Fsp3) is 0.286. The van der Waals surface area contributed by atoms with Gasteiger partial charge in [-0.1, -0.05) is 18.2 Å². The van der Waals surface area contributed by atoms with Crippen molar-refractivity contribution in [2.24, 2.45) is 0 Å². The van der Waals surface area contributed by atoms with E-state index < -0.39 is 11.9 Å². The van der Waals surface area contributed by atoms with E-state index >= 15 is 0 Å². The zero-order valence-corrected chi connectivity index (χ0v) is 15.9. The molecule has 0 saturated heterocycles. The van der Waals surface area contributed by atoms with Crippen LogP contribution in [0.25, 0.3) is 0 Å². The molecular weight excluding hydrogens is 346 g/mol. The number of nitrogens with one attached hydrogen (secondary N) is 1. The average molecular weight is 369 g/mol. The molecule has 0 fully saturated rings. The van der Waals surface area contributed by atoms with E-state index in [1.165, 1.54) is 43.5 Å². The van der Waals surface area contributed by atoms with Gasteiger partial charge in [-0.2, -0.15) is 0 Å². The molecule has 2 aromatic carbocycles. The summed E-state index contributed by atoms with van der Waals surface area (Å²) in [5.74, 6) is -1.43. The third-order valence-electron chi connectivity index (χ3n) is 4.27. The normalized spacial score (nSPS) is 10.2. The molecule has 2 aromatic rings. The second-order valence-corrected chi connectivity index (χ2v) is 6.25. The van der Waals surface area contributed by atoms with Gasteiger partial charge in [-0.25, -0.2) is 9.59 Å². The molecule has 2 rings (SSSR count). The highest BCUT2D eigenvalue weighted by atomic mass is 16.5. The predicted molar refractivity (Wildman–Crippen MR) is 102 cm³/mol. The Morgan fingerprint density at radius 3 is 1.96 bits per heavy atom. The van der Waals surface area contributed by atoms with Gasteiger partial charge in [-0.15, -0.1) is 0 Å². The third kappa shape index (κ3) is 5.41. The first-order chi connectivity index (χ1) is 12.8. The zero-order valence-electron chi connectivity index (χ0n) is 15.9. The molecule has 0 heterocycles. The Hall–Kier alpha value is -3.15. The molecule has 6 nitrogen and oxygen atoms in total. The molecule has 142 valence electrons. The summed E-state index contributed by atoms with van der Waals surface area (Å²) in [7, 11) is 2.49. The minimum atomic E-state index is -0.605. The zero-order chi connectivity index (χ0) is 20.0. The monoisotopic (exact) mass is 369 g/mol. The van der Waals surface area contributed by atoms with Crippen LogP contribution in [0.1, 0.15) is 43.8 Å². The van der Waals surface area contributed by atoms with E-state index in [0.29, 0.717) is 12.1 Å². The predicted octanol–water partition coefficient (Wildman–Crippen LogP) is 3.45. The number of methoxy groups -OCH3 is 2. The number of amides is 1. The molecule has 0 radical (unpaired) electrons. The maximum Gasteiger partial charge on any atom is 0.337 e. The van der Waals surface area contributed by atoms with Gasteiger partial charge in [0.2, 0.25) is 5.91 Å². The highest BCUT2D eigenvalue weighted by molar-refractivity contribution is 5.99. The van der Waals surface area contributed by atoms with E-state index in [4.69, 9.17) is 0 Å². The number of carbonyl (C=O) groups excluding carboxylic acids is 3. The Balaban J connectivity index is 2.12. The minimum absolute atomic E-state index is 0.157. The van der Waals surface area contributed by atoms with Gasteiger partial charge in [-0.3, -0.25) is 4.79 Å². The summed E-state index contributed by atoms with van der Waals surface area (Å²) in [6, 6.07) is 10.4. The molecule has 0 aliphatic heterocycles. The van der Waals surface area contributed by atoms with Crippen molar-refractivity contribution >= 4 is 23.5 Å². The van der Waals surface area contributed by atoms with Crippen LogP contribution in [0.5, 0.6) is 0 Å². The Labute approximate surface area is 158 Å². The number of esters is 2. The van der Waals surface area contributed by atoms with Crippen LogP contribution in [-0.2, 0) is 20.7 Å². The average Bonchev–Trinajstić information content (AvgIpc) is 2.67. The molecule has 0 aliphatic rings. The van der Waals surface area contributed by atoms with Crippen molar-refractivity contribution in [3.63, 3.8) is 0 Å². The molecule has 1 amide bonds. The van der Waals surface area contributed by atoms with Crippen LogP contribution in [0.15, 0.2) is 36.4 Å². The van der Waals surface area contributed by atoms with E-state index in [1.54, 1.807) is 0 Å². The Bertz CT molecular complexity index is 839. The van der Waals surface area contributed by atoms with Crippen LogP contribution < -0.4 is 5.32 Å². The van der Waals surface area contributed by atoms with E-state index in [0.717, 1.165) is 5.56 Å². The van der Waals surface area contributed by atoms with Crippen LogP contribution in [0.3, 0.4) is 0 Å². The molecule has 0 aromatic heterocycles. The lowest BCUT2D eigenvalue weighted by Gasteiger charge is -2.10. The summed E-state index contributed by atoms with van der Waals surface area (Å²) in [5.41, 5.74) is 4.12. The number of rotatable bonds is 6. The van der Waals surface area contributed by atoms with Crippen LogP contribution >= 0.6 is 0 Å². The van der Waals surface area contributed by atoms with Crippen LogP contribution in [0, 0.1) is 13.8 Å². The lowest BCUT2D eigenvalue weighted by Crippen LogP contribution is -2.14. The smallest absolute Gasteiger partial charge is 0.337 e. The number of hydrogen-bond donors (Lipinski definition) is 1. The van der Waals surface area contributed by atoms with Gasteiger partial charge in [0.05, 0.1) is 25.3 Å². The SMILES string of the molecule is COC(=O)c1cc(NC(=O)CCc2ccc(C)c(C)c2)cc(C(=O)OC)c1. The molecule has 0 saturated carbocycles. The summed E-state index contributed by atoms with van der Waals surface area (Å²) >= 11 is 0. The lowest BCUT2D eigenvalue weighted by molar-refractivity contribution is -0.116. The Kier molecular flexibility index (Phi) is 6.71. The van der Waals surface area contributed by atoms with Crippen LogP contribution in [-0.4, -0.2) is 32.1 Å². The van der Waals surface area contributed by atoms with E-state index in [1.807, 2.05) is 26.0 Å². The van der Waals surface area contributed by atoms with Crippen molar-refractivity contribution in [1.82, 2.24) is 0 Å². The maximum absolute atomic E-state index is 12.3. The van der Waals surface area contributed by atoms with Gasteiger partial charge >= 0.3 is 11.9 Å². The lowest BCUT2D eigenvalue weighted by atomic mass is 10.0. The first kappa shape index (κ1) is 20.2. The number of hydrogen-bond acceptors (Lipinski definition) is 5. The third-order valence-corrected chi connectivity index (χ3v) is 4.27. The highest BCUT2D eigenvalue weighted by Gasteiger charge is 2.15. The van der Waals surface area contributed by atoms with Gasteiger partial charge in [0.1, 0.15) is 0 Å². The van der Waals surface area contributed by atoms with Gasteiger partial charge in [-0.05, 0) is 55.2 Å². The summed E-state index contributed by atoms with van der Waals surface area (Å²) in [6.07, 6.45) is 0.867. The Morgan fingerprint density at radius 2 is 1.44 bits per heavy atom. The molecular formula is C21H23NO5. The summed E-state index contributed by atoms with van der Waals surface area (Å²) in [6.45, 7) is 4.07. The second kappa shape index (κ2) is 8.98. The standard InChI is InChI=1S/C21H23NO5/c1-13-5-6-15(9-14(13)2)7-8-19(23)22-18-11-16(20(24)26-3)10-17(12-18)21(25)27-4/h5-6,9-12H,7-8H2,1-4H3,(H,22,23). The molecule has 0 bridgehead atoms. The molecule has 0 atom stereocenters. The maximum atomic E-state index is 12.3. The molecule has 6 heteroatoms. The van der Waals surface area contributed by atoms with Gasteiger partial charge < -0.3 is 14.8 Å². The molecule has 0 spiro atoms. The van der Waals surface area contributed by atoms with E-state index in [-0.39, 0.29) is 23.5 Å². The number of anilines is 1. The molecule has 0 aliphatic carbocycles. The van der Waals surface area contributed by atoms with E-state index in [2.05, 4.69) is 20.9 Å². The fourth-order valence-electron chi connectivity index (χ4n) is 2.61. The van der Waals surface area contributed by atoms with Crippen molar-refractivity contribution < 1.29 is 23.9 Å². The summed E-state index contributed by atoms with van der Waals surface area (Å²) in [5, 5.41) is 2.72. The largest absolute Gasteiger partial charge is 0.465 e. The minimum Gasteiger partial charge on any atom is -0.465 e. The quantitative estimate of drug-likeness (QED) is 0.789. The van der Waals surface area contributed by atoms with Crippen LogP contribution in [0.4, 0.5) is 5.69 Å². The van der Waals surface area contributed by atoms with Crippen LogP contribution in [0.2, 0.25) is 0 Å². The molecule has 1 N–H and O–H groups in total. The number of ether oxygens (including phenoxy) is 2. The Morgan fingerprint density at radius 1 is 0.852 bits per heavy atom. The van der Waals surface area contributed by atoms with Crippen molar-refractivity contribution in [2.75, 3.05) is 19.5 Å². The van der Waals surface area contributed by atoms with Crippen molar-refractivity contribution in [2.45, 2.75) is 26.7 Å². The highest BCUT2D eigenvalue weighted by Crippen LogP contribution is 2.18. The van der Waals surface area contributed by atoms with Gasteiger partial charge in [0.15, 0.2) is 0 Å². The number of benzene rings is 2. The number of carbonyl (C=O) groups is 3.